The highest BCUT2D eigenvalue weighted by Crippen LogP contribution is 2.38. The molecule has 3 aromatic rings. The van der Waals surface area contributed by atoms with Crippen LogP contribution in [0.25, 0.3) is 10.8 Å². The van der Waals surface area contributed by atoms with Gasteiger partial charge in [-0.15, -0.1) is 0 Å². The maximum absolute atomic E-state index is 12.4. The molecule has 0 unspecified atom stereocenters. The van der Waals surface area contributed by atoms with Crippen molar-refractivity contribution in [3.8, 4) is 11.5 Å². The Labute approximate surface area is 125 Å². The Morgan fingerprint density at radius 1 is 0.636 bits per heavy atom. The normalized spacial score (nSPS) is 13.5. The number of carbonyl (C=O) groups excluding carboxylic acids is 2. The summed E-state index contributed by atoms with van der Waals surface area (Å²) in [5.74, 6) is -0.619. The molecule has 4 rings (SSSR count). The van der Waals surface area contributed by atoms with Gasteiger partial charge in [0.1, 0.15) is 0 Å². The second-order valence-corrected chi connectivity index (χ2v) is 4.94. The summed E-state index contributed by atoms with van der Waals surface area (Å²) in [7, 11) is 0. The van der Waals surface area contributed by atoms with E-state index < -0.39 is 11.9 Å². The topological polar surface area (TPSA) is 52.6 Å². The predicted molar refractivity (Wildman–Crippen MR) is 80.3 cm³/mol. The molecule has 0 saturated heterocycles. The van der Waals surface area contributed by atoms with Gasteiger partial charge in [0.15, 0.2) is 11.5 Å². The molecule has 4 nitrogen and oxygen atoms in total. The van der Waals surface area contributed by atoms with Crippen LogP contribution in [0.5, 0.6) is 11.5 Å². The Balaban J connectivity index is 1.96. The number of rotatable bonds is 0. The third kappa shape index (κ3) is 1.85. The van der Waals surface area contributed by atoms with Crippen LogP contribution in [-0.2, 0) is 0 Å². The maximum atomic E-state index is 12.4. The number of carbonyl (C=O) groups is 2. The van der Waals surface area contributed by atoms with Gasteiger partial charge >= 0.3 is 11.9 Å². The fourth-order valence-corrected chi connectivity index (χ4v) is 2.55. The van der Waals surface area contributed by atoms with Gasteiger partial charge in [-0.05, 0) is 23.6 Å². The molecule has 0 radical (unpaired) electrons. The van der Waals surface area contributed by atoms with Gasteiger partial charge in [-0.1, -0.05) is 42.5 Å². The number of hydrogen-bond donors (Lipinski definition) is 0. The van der Waals surface area contributed by atoms with E-state index in [0.717, 1.165) is 10.8 Å². The van der Waals surface area contributed by atoms with Gasteiger partial charge in [0.05, 0.1) is 11.1 Å². The molecule has 0 N–H and O–H groups in total. The lowest BCUT2D eigenvalue weighted by atomic mass is 10.1. The second kappa shape index (κ2) is 4.70. The zero-order valence-corrected chi connectivity index (χ0v) is 11.4. The summed E-state index contributed by atoms with van der Waals surface area (Å²) >= 11 is 0. The van der Waals surface area contributed by atoms with Crippen molar-refractivity contribution in [2.45, 2.75) is 0 Å². The lowest BCUT2D eigenvalue weighted by molar-refractivity contribution is 0.0650. The average molecular weight is 290 g/mol. The molecule has 1 aliphatic rings. The minimum atomic E-state index is -0.566. The summed E-state index contributed by atoms with van der Waals surface area (Å²) in [6, 6.07) is 17.4. The summed E-state index contributed by atoms with van der Waals surface area (Å²) in [6.45, 7) is 0. The molecule has 0 aromatic heterocycles. The van der Waals surface area contributed by atoms with Gasteiger partial charge in [-0.2, -0.15) is 0 Å². The van der Waals surface area contributed by atoms with Crippen LogP contribution in [0, 0.1) is 0 Å². The van der Waals surface area contributed by atoms with Gasteiger partial charge in [-0.3, -0.25) is 0 Å². The lowest BCUT2D eigenvalue weighted by Crippen LogP contribution is -2.21. The van der Waals surface area contributed by atoms with Gasteiger partial charge in [-0.25, -0.2) is 9.59 Å². The van der Waals surface area contributed by atoms with Gasteiger partial charge in [0, 0.05) is 5.39 Å². The summed E-state index contributed by atoms with van der Waals surface area (Å²) in [4.78, 5) is 24.7. The molecular weight excluding hydrogens is 280 g/mol. The van der Waals surface area contributed by atoms with E-state index in [1.54, 1.807) is 30.3 Å². The number of benzene rings is 3. The Bertz CT molecular complexity index is 927. The molecule has 4 heteroatoms. The molecule has 0 saturated carbocycles. The van der Waals surface area contributed by atoms with Gasteiger partial charge < -0.3 is 9.47 Å². The first-order valence-electron chi connectivity index (χ1n) is 6.79. The molecule has 22 heavy (non-hydrogen) atoms. The molecule has 0 fully saturated rings. The molecule has 1 heterocycles. The smallest absolute Gasteiger partial charge is 0.344 e. The summed E-state index contributed by atoms with van der Waals surface area (Å²) in [6.07, 6.45) is 0. The average Bonchev–Trinajstić information content (AvgIpc) is 2.55. The second-order valence-electron chi connectivity index (χ2n) is 4.94. The highest BCUT2D eigenvalue weighted by atomic mass is 16.6. The summed E-state index contributed by atoms with van der Waals surface area (Å²) < 4.78 is 10.9. The first kappa shape index (κ1) is 12.6. The lowest BCUT2D eigenvalue weighted by Gasteiger charge is -2.17. The Kier molecular flexibility index (Phi) is 2.69. The fourth-order valence-electron chi connectivity index (χ4n) is 2.55. The predicted octanol–water partition coefficient (Wildman–Crippen LogP) is 3.59. The van der Waals surface area contributed by atoms with Crippen LogP contribution in [-0.4, -0.2) is 11.9 Å². The number of fused-ring (bicyclic) bond motifs is 4. The van der Waals surface area contributed by atoms with Crippen molar-refractivity contribution in [1.29, 1.82) is 0 Å². The van der Waals surface area contributed by atoms with E-state index in [9.17, 15) is 9.59 Å². The minimum absolute atomic E-state index is 0.200. The van der Waals surface area contributed by atoms with E-state index in [1.165, 1.54) is 0 Å². The molecule has 0 spiro atoms. The van der Waals surface area contributed by atoms with Crippen LogP contribution in [0.4, 0.5) is 0 Å². The van der Waals surface area contributed by atoms with Crippen molar-refractivity contribution in [2.24, 2.45) is 0 Å². The van der Waals surface area contributed by atoms with Crippen molar-refractivity contribution >= 4 is 22.7 Å². The fraction of sp³-hybridized carbons (Fsp3) is 0. The standard InChI is InChI=1S/C18H10O4/c19-17-13-7-3-4-8-14(13)18(20)22-16-12-6-2-1-5-11(12)9-10-15(16)21-17/h1-10H. The van der Waals surface area contributed by atoms with Crippen LogP contribution >= 0.6 is 0 Å². The van der Waals surface area contributed by atoms with E-state index in [2.05, 4.69) is 0 Å². The largest absolute Gasteiger partial charge is 0.419 e. The van der Waals surface area contributed by atoms with Crippen molar-refractivity contribution in [1.82, 2.24) is 0 Å². The summed E-state index contributed by atoms with van der Waals surface area (Å²) in [5.41, 5.74) is 0.400. The highest BCUT2D eigenvalue weighted by molar-refractivity contribution is 6.07. The molecule has 0 atom stereocenters. The number of ether oxygens (including phenoxy) is 2. The van der Waals surface area contributed by atoms with Crippen LogP contribution in [0.1, 0.15) is 20.7 Å². The van der Waals surface area contributed by atoms with Gasteiger partial charge in [0.25, 0.3) is 0 Å². The molecular formula is C18H10O4. The van der Waals surface area contributed by atoms with Crippen molar-refractivity contribution < 1.29 is 19.1 Å². The Hall–Kier alpha value is -3.14. The molecule has 0 aliphatic carbocycles. The third-order valence-corrected chi connectivity index (χ3v) is 3.61. The number of hydrogen-bond acceptors (Lipinski definition) is 4. The van der Waals surface area contributed by atoms with Crippen LogP contribution in [0.15, 0.2) is 60.7 Å². The van der Waals surface area contributed by atoms with E-state index in [1.807, 2.05) is 30.3 Å². The Morgan fingerprint density at radius 2 is 1.27 bits per heavy atom. The molecule has 1 aliphatic heterocycles. The Morgan fingerprint density at radius 3 is 2.05 bits per heavy atom. The SMILES string of the molecule is O=C1Oc2ccc3ccccc3c2OC(=O)c2ccccc21. The zero-order valence-electron chi connectivity index (χ0n) is 11.4. The van der Waals surface area contributed by atoms with Crippen molar-refractivity contribution in [3.63, 3.8) is 0 Å². The van der Waals surface area contributed by atoms with Crippen molar-refractivity contribution in [3.05, 3.63) is 71.8 Å². The van der Waals surface area contributed by atoms with E-state index in [4.69, 9.17) is 9.47 Å². The monoisotopic (exact) mass is 290 g/mol. The molecule has 106 valence electrons. The quantitative estimate of drug-likeness (QED) is 0.469. The minimum Gasteiger partial charge on any atom is -0.419 e. The molecule has 0 amide bonds. The first-order chi connectivity index (χ1) is 10.7. The first-order valence-corrected chi connectivity index (χ1v) is 6.79. The molecule has 0 bridgehead atoms. The summed E-state index contributed by atoms with van der Waals surface area (Å²) in [5, 5.41) is 1.62. The van der Waals surface area contributed by atoms with Crippen molar-refractivity contribution in [2.75, 3.05) is 0 Å². The third-order valence-electron chi connectivity index (χ3n) is 3.61. The van der Waals surface area contributed by atoms with E-state index in [0.29, 0.717) is 0 Å². The zero-order chi connectivity index (χ0) is 15.1. The van der Waals surface area contributed by atoms with Crippen LogP contribution in [0.2, 0.25) is 0 Å². The van der Waals surface area contributed by atoms with E-state index >= 15 is 0 Å². The van der Waals surface area contributed by atoms with Crippen LogP contribution < -0.4 is 9.47 Å². The van der Waals surface area contributed by atoms with Crippen LogP contribution in [0.3, 0.4) is 0 Å². The number of esters is 2. The highest BCUT2D eigenvalue weighted by Gasteiger charge is 2.26. The maximum Gasteiger partial charge on any atom is 0.344 e. The van der Waals surface area contributed by atoms with Gasteiger partial charge in [0.2, 0.25) is 0 Å². The van der Waals surface area contributed by atoms with E-state index in [-0.39, 0.29) is 22.6 Å². The molecule has 3 aromatic carbocycles.